The first-order valence-electron chi connectivity index (χ1n) is 10.6. The molecule has 0 radical (unpaired) electrons. The molecule has 1 aliphatic heterocycles. The van der Waals surface area contributed by atoms with Crippen LogP contribution in [0, 0.1) is 12.8 Å². The van der Waals surface area contributed by atoms with Crippen LogP contribution in [0.2, 0.25) is 0 Å². The van der Waals surface area contributed by atoms with E-state index >= 15 is 0 Å². The fraction of sp³-hybridized carbons (Fsp3) is 0.435. The van der Waals surface area contributed by atoms with E-state index in [0.29, 0.717) is 31.6 Å². The molecule has 0 fully saturated rings. The predicted octanol–water partition coefficient (Wildman–Crippen LogP) is 1.43. The van der Waals surface area contributed by atoms with Gasteiger partial charge in [0.05, 0.1) is 5.56 Å². The lowest BCUT2D eigenvalue weighted by Gasteiger charge is -2.31. The minimum Gasteiger partial charge on any atom is -0.507 e. The van der Waals surface area contributed by atoms with Gasteiger partial charge >= 0.3 is 0 Å². The second kappa shape index (κ2) is 8.68. The molecule has 1 aromatic rings. The maximum absolute atomic E-state index is 13.7. The van der Waals surface area contributed by atoms with Gasteiger partial charge < -0.3 is 26.4 Å². The van der Waals surface area contributed by atoms with Crippen LogP contribution in [0.3, 0.4) is 0 Å². The summed E-state index contributed by atoms with van der Waals surface area (Å²) in [5.74, 6) is -3.51. The summed E-state index contributed by atoms with van der Waals surface area (Å²) < 4.78 is 5.74. The van der Waals surface area contributed by atoms with Gasteiger partial charge in [-0.15, -0.1) is 0 Å². The van der Waals surface area contributed by atoms with Gasteiger partial charge in [0, 0.05) is 30.4 Å². The first kappa shape index (κ1) is 24.0. The molecule has 6 N–H and O–H groups in total. The molecule has 3 rings (SSSR count). The van der Waals surface area contributed by atoms with Crippen LogP contribution in [-0.2, 0) is 15.0 Å². The van der Waals surface area contributed by atoms with E-state index in [0.717, 1.165) is 0 Å². The number of allylic oxidation sites excluding steroid dienone is 2. The summed E-state index contributed by atoms with van der Waals surface area (Å²) in [5, 5.41) is 21.2. The number of aromatic hydroxyl groups is 2. The third kappa shape index (κ3) is 3.85. The molecule has 33 heavy (non-hydrogen) atoms. The lowest BCUT2D eigenvalue weighted by atomic mass is 9.67. The van der Waals surface area contributed by atoms with Crippen molar-refractivity contribution in [2.75, 3.05) is 13.1 Å². The number of rotatable bonds is 7. The Bertz CT molecular complexity index is 1150. The fourth-order valence-electron chi connectivity index (χ4n) is 4.28. The van der Waals surface area contributed by atoms with E-state index in [9.17, 15) is 24.6 Å². The summed E-state index contributed by atoms with van der Waals surface area (Å²) in [4.78, 5) is 47.0. The Labute approximate surface area is 191 Å². The van der Waals surface area contributed by atoms with Gasteiger partial charge in [-0.3, -0.25) is 24.4 Å². The number of hydrogen-bond acceptors (Lipinski definition) is 8. The number of phenols is 2. The van der Waals surface area contributed by atoms with E-state index in [1.807, 2.05) is 0 Å². The number of unbranched alkanes of at least 4 members (excludes halogenated alkanes) is 1. The number of nitrogens with two attached hydrogens (primary N) is 2. The first-order chi connectivity index (χ1) is 15.4. The molecule has 1 aliphatic carbocycles. The molecular weight excluding hydrogens is 428 g/mol. The molecule has 1 heterocycles. The van der Waals surface area contributed by atoms with Gasteiger partial charge in [-0.2, -0.15) is 0 Å². The van der Waals surface area contributed by atoms with Crippen molar-refractivity contribution in [3.05, 3.63) is 28.5 Å². The maximum atomic E-state index is 13.7. The molecule has 2 aliphatic rings. The van der Waals surface area contributed by atoms with Gasteiger partial charge in [0.15, 0.2) is 23.3 Å². The third-order valence-electron chi connectivity index (χ3n) is 6.15. The number of ketones is 3. The largest absolute Gasteiger partial charge is 0.507 e. The Morgan fingerprint density at radius 1 is 1.12 bits per heavy atom. The van der Waals surface area contributed by atoms with Gasteiger partial charge in [-0.25, -0.2) is 0 Å². The number of phenolic OH excluding ortho intramolecular Hbond substituents is 2. The number of benzene rings is 1. The van der Waals surface area contributed by atoms with Crippen molar-refractivity contribution in [2.24, 2.45) is 27.4 Å². The topological polar surface area (TPSA) is 178 Å². The zero-order chi connectivity index (χ0) is 24.7. The maximum Gasteiger partial charge on any atom is 0.185 e. The number of hydrogen-bond donors (Lipinski definition) is 4. The minimum atomic E-state index is -1.51. The molecule has 10 nitrogen and oxygen atoms in total. The smallest absolute Gasteiger partial charge is 0.185 e. The summed E-state index contributed by atoms with van der Waals surface area (Å²) >= 11 is 0. The summed E-state index contributed by atoms with van der Waals surface area (Å²) in [6.45, 7) is 6.67. The Morgan fingerprint density at radius 3 is 2.30 bits per heavy atom. The van der Waals surface area contributed by atoms with Crippen LogP contribution < -0.4 is 16.2 Å². The van der Waals surface area contributed by atoms with E-state index in [1.54, 1.807) is 6.92 Å². The number of aliphatic imine (C=N–C) groups is 2. The summed E-state index contributed by atoms with van der Waals surface area (Å²) in [6.07, 6.45) is 2.56. The van der Waals surface area contributed by atoms with E-state index in [4.69, 9.17) is 16.2 Å². The highest BCUT2D eigenvalue weighted by Crippen LogP contribution is 2.57. The summed E-state index contributed by atoms with van der Waals surface area (Å²) in [6, 6.07) is 0. The van der Waals surface area contributed by atoms with Crippen LogP contribution in [0.1, 0.15) is 55.1 Å². The number of fused-ring (bicyclic) bond motifs is 3. The lowest BCUT2D eigenvalue weighted by Crippen LogP contribution is -2.47. The fourth-order valence-corrected chi connectivity index (χ4v) is 4.28. The van der Waals surface area contributed by atoms with Gasteiger partial charge in [0.2, 0.25) is 0 Å². The van der Waals surface area contributed by atoms with Crippen molar-refractivity contribution in [2.45, 2.75) is 46.0 Å². The van der Waals surface area contributed by atoms with Crippen molar-refractivity contribution < 1.29 is 29.3 Å². The van der Waals surface area contributed by atoms with Crippen molar-refractivity contribution in [1.82, 2.24) is 0 Å². The van der Waals surface area contributed by atoms with Gasteiger partial charge in [0.25, 0.3) is 0 Å². The second-order valence-corrected chi connectivity index (χ2v) is 8.43. The van der Waals surface area contributed by atoms with Crippen LogP contribution in [-0.4, -0.2) is 52.3 Å². The molecule has 0 bridgehead atoms. The molecule has 1 unspecified atom stereocenters. The third-order valence-corrected chi connectivity index (χ3v) is 6.15. The van der Waals surface area contributed by atoms with Crippen LogP contribution in [0.25, 0.3) is 0 Å². The van der Waals surface area contributed by atoms with Crippen LogP contribution >= 0.6 is 0 Å². The quantitative estimate of drug-likeness (QED) is 0.156. The average molecular weight is 456 g/mol. The molecule has 1 aromatic carbocycles. The number of ether oxygens (including phenoxy) is 1. The molecule has 0 saturated carbocycles. The normalized spacial score (nSPS) is 21.8. The van der Waals surface area contributed by atoms with Crippen molar-refractivity contribution >= 4 is 29.0 Å². The Morgan fingerprint density at radius 2 is 1.73 bits per heavy atom. The standard InChI is InChI=1S/C23H28N4O6/c1-10-18(30)16(12(3)28)20-17(19(10)31)23(4)14(33-20)9-13(29)15(21(23)32)11(2)26-7-5-6-8-27-22(24)25/h9,15,30-31H,5-8H2,1-4H3,(H4,24,25,27)/t15?,23-/m0/s1. The molecular formula is C23H28N4O6. The average Bonchev–Trinajstić information content (AvgIpc) is 3.01. The van der Waals surface area contributed by atoms with E-state index in [-0.39, 0.29) is 39.9 Å². The van der Waals surface area contributed by atoms with E-state index in [2.05, 4.69) is 9.98 Å². The molecule has 0 saturated heterocycles. The van der Waals surface area contributed by atoms with Crippen molar-refractivity contribution in [1.29, 1.82) is 0 Å². The van der Waals surface area contributed by atoms with Crippen LogP contribution in [0.15, 0.2) is 21.8 Å². The SMILES string of the molecule is CC(=O)c1c(O)c(C)c(O)c2c1OC1=CC(=O)C(C(C)=NCCCCN=C(N)N)C(=O)[C@@]12C. The zero-order valence-electron chi connectivity index (χ0n) is 19.1. The second-order valence-electron chi connectivity index (χ2n) is 8.43. The van der Waals surface area contributed by atoms with Crippen molar-refractivity contribution in [3.63, 3.8) is 0 Å². The Hall–Kier alpha value is -3.69. The predicted molar refractivity (Wildman–Crippen MR) is 122 cm³/mol. The number of carbonyl (C=O) groups excluding carboxylic acids is 3. The molecule has 0 spiro atoms. The Kier molecular flexibility index (Phi) is 6.31. The van der Waals surface area contributed by atoms with E-state index < -0.39 is 34.4 Å². The molecule has 0 amide bonds. The highest BCUT2D eigenvalue weighted by Gasteiger charge is 2.57. The molecule has 176 valence electrons. The number of guanidine groups is 1. The molecule has 0 aromatic heterocycles. The number of carbonyl (C=O) groups is 3. The van der Waals surface area contributed by atoms with Crippen molar-refractivity contribution in [3.8, 4) is 17.2 Å². The summed E-state index contributed by atoms with van der Waals surface area (Å²) in [7, 11) is 0. The zero-order valence-corrected chi connectivity index (χ0v) is 19.1. The van der Waals surface area contributed by atoms with Gasteiger partial charge in [-0.05, 0) is 40.5 Å². The highest BCUT2D eigenvalue weighted by molar-refractivity contribution is 6.28. The number of Topliss-reactive ketones (excluding diaryl/α,β-unsaturated/α-hetero) is 2. The van der Waals surface area contributed by atoms with Crippen LogP contribution in [0.5, 0.6) is 17.2 Å². The lowest BCUT2D eigenvalue weighted by molar-refractivity contribution is -0.131. The minimum absolute atomic E-state index is 0.0107. The molecule has 2 atom stereocenters. The van der Waals surface area contributed by atoms with E-state index in [1.165, 1.54) is 26.8 Å². The summed E-state index contributed by atoms with van der Waals surface area (Å²) in [5.41, 5.74) is 9.39. The van der Waals surface area contributed by atoms with Gasteiger partial charge in [0.1, 0.15) is 39.9 Å². The number of nitrogens with zero attached hydrogens (tertiary/aromatic N) is 2. The molecule has 10 heteroatoms. The first-order valence-corrected chi connectivity index (χ1v) is 10.6. The Balaban J connectivity index is 1.98. The van der Waals surface area contributed by atoms with Crippen LogP contribution in [0.4, 0.5) is 0 Å². The highest BCUT2D eigenvalue weighted by atomic mass is 16.5. The monoisotopic (exact) mass is 456 g/mol. The van der Waals surface area contributed by atoms with Gasteiger partial charge in [-0.1, -0.05) is 0 Å².